The first-order chi connectivity index (χ1) is 9.63. The minimum absolute atomic E-state index is 0.167. The molecule has 0 unspecified atom stereocenters. The highest BCUT2D eigenvalue weighted by Gasteiger charge is 2.06. The van der Waals surface area contributed by atoms with Crippen molar-refractivity contribution in [1.82, 2.24) is 4.90 Å². The highest BCUT2D eigenvalue weighted by Crippen LogP contribution is 1.93. The lowest BCUT2D eigenvalue weighted by molar-refractivity contribution is -0.145. The largest absolute Gasteiger partial charge is 0.463 e. The fraction of sp³-hybridized carbons (Fsp3) is 0.714. The van der Waals surface area contributed by atoms with Crippen LogP contribution in [0.3, 0.4) is 0 Å². The van der Waals surface area contributed by atoms with Gasteiger partial charge in [0.05, 0.1) is 19.6 Å². The van der Waals surface area contributed by atoms with Gasteiger partial charge >= 0.3 is 11.9 Å². The Balaban J connectivity index is 3.39. The molecule has 0 aromatic heterocycles. The normalized spacial score (nSPS) is 10.3. The van der Waals surface area contributed by atoms with E-state index in [9.17, 15) is 9.59 Å². The summed E-state index contributed by atoms with van der Waals surface area (Å²) in [7, 11) is 0. The second-order valence-electron chi connectivity index (χ2n) is 3.98. The molecule has 0 fully saturated rings. The molecule has 20 heavy (non-hydrogen) atoms. The van der Waals surface area contributed by atoms with E-state index in [-0.39, 0.29) is 25.8 Å². The standard InChI is InChI=1S/C14H25NO5/c1-4-13(16)19-11-9-18-10-12-20-14(17)7-8-15(5-2)6-3/h4H,1,5-12H2,2-3H3. The van der Waals surface area contributed by atoms with Crippen LogP contribution in [0, 0.1) is 0 Å². The molecule has 0 aliphatic carbocycles. The Labute approximate surface area is 120 Å². The molecular weight excluding hydrogens is 262 g/mol. The van der Waals surface area contributed by atoms with Crippen molar-refractivity contribution in [3.63, 3.8) is 0 Å². The number of carbonyl (C=O) groups is 2. The molecule has 0 aliphatic heterocycles. The first kappa shape index (κ1) is 18.6. The molecule has 0 aromatic carbocycles. The smallest absolute Gasteiger partial charge is 0.330 e. The molecule has 0 spiro atoms. The lowest BCUT2D eigenvalue weighted by Crippen LogP contribution is -2.26. The first-order valence-corrected chi connectivity index (χ1v) is 6.88. The van der Waals surface area contributed by atoms with Crippen molar-refractivity contribution in [2.45, 2.75) is 20.3 Å². The predicted octanol–water partition coefficient (Wildman–Crippen LogP) is 1.01. The van der Waals surface area contributed by atoms with Gasteiger partial charge in [0.25, 0.3) is 0 Å². The van der Waals surface area contributed by atoms with E-state index in [1.54, 1.807) is 0 Å². The maximum absolute atomic E-state index is 11.4. The number of hydrogen-bond donors (Lipinski definition) is 0. The molecule has 116 valence electrons. The molecule has 6 nitrogen and oxygen atoms in total. The third-order valence-electron chi connectivity index (χ3n) is 2.66. The summed E-state index contributed by atoms with van der Waals surface area (Å²) in [6.07, 6.45) is 1.48. The van der Waals surface area contributed by atoms with Gasteiger partial charge in [0.1, 0.15) is 13.2 Å². The highest BCUT2D eigenvalue weighted by atomic mass is 16.6. The molecule has 6 heteroatoms. The Morgan fingerprint density at radius 3 is 2.20 bits per heavy atom. The van der Waals surface area contributed by atoms with E-state index in [1.165, 1.54) is 0 Å². The molecule has 0 aromatic rings. The highest BCUT2D eigenvalue weighted by molar-refractivity contribution is 5.81. The Kier molecular flexibility index (Phi) is 11.7. The fourth-order valence-electron chi connectivity index (χ4n) is 1.44. The number of carbonyl (C=O) groups excluding carboxylic acids is 2. The predicted molar refractivity (Wildman–Crippen MR) is 75.3 cm³/mol. The molecule has 0 atom stereocenters. The van der Waals surface area contributed by atoms with Crippen LogP contribution < -0.4 is 0 Å². The SMILES string of the molecule is C=CC(=O)OCCOCCOC(=O)CCN(CC)CC. The quantitative estimate of drug-likeness (QED) is 0.303. The zero-order chi connectivity index (χ0) is 15.2. The van der Waals surface area contributed by atoms with Crippen molar-refractivity contribution in [1.29, 1.82) is 0 Å². The van der Waals surface area contributed by atoms with Gasteiger partial charge in [-0.3, -0.25) is 4.79 Å². The van der Waals surface area contributed by atoms with Gasteiger partial charge in [-0.25, -0.2) is 4.79 Å². The molecule has 0 heterocycles. The van der Waals surface area contributed by atoms with Crippen LogP contribution in [0.2, 0.25) is 0 Å². The Bertz CT molecular complexity index is 289. The van der Waals surface area contributed by atoms with Gasteiger partial charge in [0.15, 0.2) is 0 Å². The van der Waals surface area contributed by atoms with E-state index in [0.29, 0.717) is 19.6 Å². The minimum atomic E-state index is -0.476. The Hall–Kier alpha value is -1.40. The summed E-state index contributed by atoms with van der Waals surface area (Å²) in [6.45, 7) is 10.9. The van der Waals surface area contributed by atoms with Gasteiger partial charge in [0.2, 0.25) is 0 Å². The van der Waals surface area contributed by atoms with E-state index in [4.69, 9.17) is 14.2 Å². The van der Waals surface area contributed by atoms with Crippen molar-refractivity contribution in [3.05, 3.63) is 12.7 Å². The van der Waals surface area contributed by atoms with Crippen LogP contribution in [0.25, 0.3) is 0 Å². The monoisotopic (exact) mass is 287 g/mol. The van der Waals surface area contributed by atoms with Crippen LogP contribution in [0.1, 0.15) is 20.3 Å². The summed E-state index contributed by atoms with van der Waals surface area (Å²) in [5.74, 6) is -0.699. The fourth-order valence-corrected chi connectivity index (χ4v) is 1.44. The number of nitrogens with zero attached hydrogens (tertiary/aromatic N) is 1. The zero-order valence-corrected chi connectivity index (χ0v) is 12.4. The summed E-state index contributed by atoms with van der Waals surface area (Å²) in [4.78, 5) is 24.3. The van der Waals surface area contributed by atoms with E-state index >= 15 is 0 Å². The third kappa shape index (κ3) is 10.5. The second-order valence-corrected chi connectivity index (χ2v) is 3.98. The van der Waals surface area contributed by atoms with Crippen LogP contribution >= 0.6 is 0 Å². The van der Waals surface area contributed by atoms with Crippen molar-refractivity contribution < 1.29 is 23.8 Å². The molecule has 0 amide bonds. The van der Waals surface area contributed by atoms with Crippen molar-refractivity contribution >= 4 is 11.9 Å². The lowest BCUT2D eigenvalue weighted by Gasteiger charge is -2.16. The molecular formula is C14H25NO5. The van der Waals surface area contributed by atoms with Crippen molar-refractivity contribution in [2.75, 3.05) is 46.1 Å². The van der Waals surface area contributed by atoms with Crippen LogP contribution in [-0.4, -0.2) is 62.9 Å². The van der Waals surface area contributed by atoms with Gasteiger partial charge in [0, 0.05) is 12.6 Å². The Morgan fingerprint density at radius 2 is 1.65 bits per heavy atom. The summed E-state index contributed by atoms with van der Waals surface area (Å²) in [5, 5.41) is 0. The minimum Gasteiger partial charge on any atom is -0.463 e. The van der Waals surface area contributed by atoms with E-state index in [1.807, 2.05) is 0 Å². The summed E-state index contributed by atoms with van der Waals surface area (Å²) >= 11 is 0. The van der Waals surface area contributed by atoms with Gasteiger partial charge in [-0.05, 0) is 13.1 Å². The molecule has 0 rings (SSSR count). The molecule has 0 radical (unpaired) electrons. The maximum atomic E-state index is 11.4. The van der Waals surface area contributed by atoms with Gasteiger partial charge in [-0.1, -0.05) is 20.4 Å². The van der Waals surface area contributed by atoms with E-state index in [2.05, 4.69) is 25.3 Å². The van der Waals surface area contributed by atoms with E-state index in [0.717, 1.165) is 19.2 Å². The topological polar surface area (TPSA) is 65.1 Å². The Morgan fingerprint density at radius 1 is 1.05 bits per heavy atom. The number of ether oxygens (including phenoxy) is 3. The maximum Gasteiger partial charge on any atom is 0.330 e. The van der Waals surface area contributed by atoms with Crippen LogP contribution in [0.15, 0.2) is 12.7 Å². The van der Waals surface area contributed by atoms with Gasteiger partial charge in [-0.15, -0.1) is 0 Å². The van der Waals surface area contributed by atoms with Gasteiger partial charge < -0.3 is 19.1 Å². The molecule has 0 N–H and O–H groups in total. The molecule has 0 bridgehead atoms. The second kappa shape index (κ2) is 12.6. The number of rotatable bonds is 12. The molecule has 0 saturated carbocycles. The molecule has 0 aliphatic rings. The van der Waals surface area contributed by atoms with Crippen LogP contribution in [0.5, 0.6) is 0 Å². The first-order valence-electron chi connectivity index (χ1n) is 6.88. The average Bonchev–Trinajstić information content (AvgIpc) is 2.46. The zero-order valence-electron chi connectivity index (χ0n) is 12.4. The third-order valence-corrected chi connectivity index (χ3v) is 2.66. The van der Waals surface area contributed by atoms with Crippen LogP contribution in [-0.2, 0) is 23.8 Å². The van der Waals surface area contributed by atoms with Crippen molar-refractivity contribution in [3.8, 4) is 0 Å². The summed E-state index contributed by atoms with van der Waals surface area (Å²) in [5.41, 5.74) is 0. The van der Waals surface area contributed by atoms with Crippen molar-refractivity contribution in [2.24, 2.45) is 0 Å². The number of hydrogen-bond acceptors (Lipinski definition) is 6. The summed E-state index contributed by atoms with van der Waals surface area (Å²) < 4.78 is 14.9. The number of esters is 2. The van der Waals surface area contributed by atoms with Gasteiger partial charge in [-0.2, -0.15) is 0 Å². The average molecular weight is 287 g/mol. The summed E-state index contributed by atoms with van der Waals surface area (Å²) in [6, 6.07) is 0. The van der Waals surface area contributed by atoms with E-state index < -0.39 is 5.97 Å². The lowest BCUT2D eigenvalue weighted by atomic mass is 10.4. The van der Waals surface area contributed by atoms with Crippen LogP contribution in [0.4, 0.5) is 0 Å². The molecule has 0 saturated heterocycles.